The van der Waals surface area contributed by atoms with Crippen LogP contribution in [0.1, 0.15) is 383 Å². The van der Waals surface area contributed by atoms with Crippen molar-refractivity contribution >= 4 is 39.5 Å². The van der Waals surface area contributed by atoms with Crippen LogP contribution in [0.15, 0.2) is 0 Å². The first kappa shape index (κ1) is 93.1. The zero-order valence-corrected chi connectivity index (χ0v) is 64.1. The van der Waals surface area contributed by atoms with Crippen LogP contribution in [0.25, 0.3) is 0 Å². The van der Waals surface area contributed by atoms with Crippen molar-refractivity contribution in [1.82, 2.24) is 0 Å². The van der Waals surface area contributed by atoms with Gasteiger partial charge < -0.3 is 33.8 Å². The highest BCUT2D eigenvalue weighted by molar-refractivity contribution is 7.47. The van der Waals surface area contributed by atoms with Crippen molar-refractivity contribution < 1.29 is 80.2 Å². The first-order valence-corrected chi connectivity index (χ1v) is 42.2. The van der Waals surface area contributed by atoms with E-state index in [1.165, 1.54) is 180 Å². The van der Waals surface area contributed by atoms with Crippen LogP contribution in [-0.2, 0) is 65.4 Å². The Morgan fingerprint density at radius 3 is 0.747 bits per heavy atom. The van der Waals surface area contributed by atoms with Crippen molar-refractivity contribution in [2.75, 3.05) is 39.6 Å². The van der Waals surface area contributed by atoms with Crippen LogP contribution in [0.5, 0.6) is 0 Å². The topological polar surface area (TPSA) is 237 Å². The van der Waals surface area contributed by atoms with E-state index in [2.05, 4.69) is 55.4 Å². The Balaban J connectivity index is 5.21. The number of aliphatic hydroxyl groups is 1. The molecule has 0 bridgehead atoms. The van der Waals surface area contributed by atoms with E-state index in [1.807, 2.05) is 0 Å². The number of aliphatic hydroxyl groups excluding tert-OH is 1. The van der Waals surface area contributed by atoms with Crippen molar-refractivity contribution in [3.8, 4) is 0 Å². The van der Waals surface area contributed by atoms with Crippen molar-refractivity contribution in [2.24, 2.45) is 23.7 Å². The molecular formula is C76H148O17P2. The monoisotopic (exact) mass is 1400 g/mol. The molecule has 0 fully saturated rings. The highest BCUT2D eigenvalue weighted by Crippen LogP contribution is 2.45. The predicted molar refractivity (Wildman–Crippen MR) is 386 cm³/mol. The summed E-state index contributed by atoms with van der Waals surface area (Å²) in [5.74, 6) is 0.903. The number of hydrogen-bond acceptors (Lipinski definition) is 15. The number of carbonyl (C=O) groups excluding carboxylic acids is 4. The molecule has 0 aromatic carbocycles. The van der Waals surface area contributed by atoms with Gasteiger partial charge in [-0.3, -0.25) is 37.3 Å². The van der Waals surface area contributed by atoms with Gasteiger partial charge in [-0.05, 0) is 49.4 Å². The first-order valence-electron chi connectivity index (χ1n) is 39.2. The van der Waals surface area contributed by atoms with Gasteiger partial charge in [0.2, 0.25) is 0 Å². The average molecular weight is 1400 g/mol. The number of phosphoric acid groups is 2. The van der Waals surface area contributed by atoms with Gasteiger partial charge >= 0.3 is 39.5 Å². The predicted octanol–water partition coefficient (Wildman–Crippen LogP) is 22.0. The molecule has 0 saturated heterocycles. The molecule has 19 heteroatoms. The third kappa shape index (κ3) is 69.0. The van der Waals surface area contributed by atoms with E-state index >= 15 is 0 Å². The quantitative estimate of drug-likeness (QED) is 0.0222. The SMILES string of the molecule is CCC(C)CCCCCCCCCCCCCCCCC(=O)OC[C@H](COP(=O)(O)OC[C@@H](O)COP(=O)(O)OC[C@@H](COC(=O)CCCCCCCCC(C)C)OC(=O)CCCCCCCCCC(C)C)OC(=O)CCCCCCCCCCCCCCCCCC(C)C. The van der Waals surface area contributed by atoms with E-state index in [1.54, 1.807) is 0 Å². The van der Waals surface area contributed by atoms with Crippen LogP contribution in [0, 0.1) is 23.7 Å². The third-order valence-electron chi connectivity index (χ3n) is 17.9. The molecule has 17 nitrogen and oxygen atoms in total. The molecule has 3 N–H and O–H groups in total. The maximum atomic E-state index is 13.1. The lowest BCUT2D eigenvalue weighted by Crippen LogP contribution is -2.30. The second-order valence-electron chi connectivity index (χ2n) is 29.1. The van der Waals surface area contributed by atoms with Crippen molar-refractivity contribution in [3.63, 3.8) is 0 Å². The van der Waals surface area contributed by atoms with Crippen molar-refractivity contribution in [3.05, 3.63) is 0 Å². The summed E-state index contributed by atoms with van der Waals surface area (Å²) in [6, 6.07) is 0. The number of hydrogen-bond donors (Lipinski definition) is 3. The summed E-state index contributed by atoms with van der Waals surface area (Å²) in [6.45, 7) is 14.1. The minimum absolute atomic E-state index is 0.102. The summed E-state index contributed by atoms with van der Waals surface area (Å²) < 4.78 is 68.4. The molecule has 0 aliphatic rings. The zero-order valence-electron chi connectivity index (χ0n) is 62.3. The Hall–Kier alpha value is -1.94. The van der Waals surface area contributed by atoms with Crippen LogP contribution in [0.3, 0.4) is 0 Å². The molecule has 95 heavy (non-hydrogen) atoms. The van der Waals surface area contributed by atoms with Gasteiger partial charge in [-0.15, -0.1) is 0 Å². The Kier molecular flexibility index (Phi) is 64.0. The average Bonchev–Trinajstić information content (AvgIpc) is 2.01. The van der Waals surface area contributed by atoms with Crippen LogP contribution in [0.2, 0.25) is 0 Å². The molecule has 0 aliphatic heterocycles. The fraction of sp³-hybridized carbons (Fsp3) is 0.947. The molecule has 0 radical (unpaired) electrons. The number of ether oxygens (including phenoxy) is 4. The maximum Gasteiger partial charge on any atom is 0.472 e. The minimum atomic E-state index is -4.96. The van der Waals surface area contributed by atoms with Crippen molar-refractivity contribution in [2.45, 2.75) is 401 Å². The number of unbranched alkanes of at least 4 members (excludes halogenated alkanes) is 38. The molecule has 0 aliphatic carbocycles. The largest absolute Gasteiger partial charge is 0.472 e. The van der Waals surface area contributed by atoms with Crippen LogP contribution >= 0.6 is 15.6 Å². The van der Waals surface area contributed by atoms with E-state index in [0.717, 1.165) is 108 Å². The van der Waals surface area contributed by atoms with E-state index < -0.39 is 97.5 Å². The Morgan fingerprint density at radius 2 is 0.505 bits per heavy atom. The third-order valence-corrected chi connectivity index (χ3v) is 19.8. The van der Waals surface area contributed by atoms with E-state index in [4.69, 9.17) is 37.0 Å². The lowest BCUT2D eigenvalue weighted by atomic mass is 9.99. The number of esters is 4. The van der Waals surface area contributed by atoms with Crippen molar-refractivity contribution in [1.29, 1.82) is 0 Å². The molecule has 0 aromatic heterocycles. The molecule has 6 atom stereocenters. The number of carbonyl (C=O) groups is 4. The fourth-order valence-corrected chi connectivity index (χ4v) is 13.1. The molecule has 0 spiro atoms. The van der Waals surface area contributed by atoms with E-state index in [0.29, 0.717) is 37.5 Å². The molecule has 3 unspecified atom stereocenters. The first-order chi connectivity index (χ1) is 45.6. The summed E-state index contributed by atoms with van der Waals surface area (Å²) in [6.07, 6.45) is 50.2. The van der Waals surface area contributed by atoms with Gasteiger partial charge in [0.05, 0.1) is 26.4 Å². The number of rotatable bonds is 73. The second-order valence-corrected chi connectivity index (χ2v) is 32.0. The maximum absolute atomic E-state index is 13.1. The lowest BCUT2D eigenvalue weighted by molar-refractivity contribution is -0.161. The van der Waals surface area contributed by atoms with Crippen LogP contribution in [0.4, 0.5) is 0 Å². The molecule has 564 valence electrons. The van der Waals surface area contributed by atoms with Gasteiger partial charge in [0.25, 0.3) is 0 Å². The Morgan fingerprint density at radius 1 is 0.295 bits per heavy atom. The second kappa shape index (κ2) is 65.4. The Labute approximate surface area is 581 Å². The van der Waals surface area contributed by atoms with E-state index in [-0.39, 0.29) is 25.7 Å². The molecule has 0 amide bonds. The van der Waals surface area contributed by atoms with Crippen LogP contribution < -0.4 is 0 Å². The van der Waals surface area contributed by atoms with Gasteiger partial charge in [0, 0.05) is 25.7 Å². The normalized spacial score (nSPS) is 14.4. The lowest BCUT2D eigenvalue weighted by Gasteiger charge is -2.21. The highest BCUT2D eigenvalue weighted by atomic mass is 31.2. The summed E-state index contributed by atoms with van der Waals surface area (Å²) in [5, 5.41) is 10.6. The summed E-state index contributed by atoms with van der Waals surface area (Å²) >= 11 is 0. The smallest absolute Gasteiger partial charge is 0.462 e. The Bertz CT molecular complexity index is 1870. The molecular weight excluding hydrogens is 1250 g/mol. The molecule has 0 heterocycles. The van der Waals surface area contributed by atoms with Gasteiger partial charge in [-0.1, -0.05) is 331 Å². The van der Waals surface area contributed by atoms with Gasteiger partial charge in [0.15, 0.2) is 12.2 Å². The fourth-order valence-electron chi connectivity index (χ4n) is 11.5. The van der Waals surface area contributed by atoms with Gasteiger partial charge in [0.1, 0.15) is 19.3 Å². The summed E-state index contributed by atoms with van der Waals surface area (Å²) in [4.78, 5) is 72.7. The molecule has 0 saturated carbocycles. The van der Waals surface area contributed by atoms with Gasteiger partial charge in [-0.25, -0.2) is 9.13 Å². The van der Waals surface area contributed by atoms with Gasteiger partial charge in [-0.2, -0.15) is 0 Å². The number of phosphoric ester groups is 2. The zero-order chi connectivity index (χ0) is 70.3. The minimum Gasteiger partial charge on any atom is -0.462 e. The summed E-state index contributed by atoms with van der Waals surface area (Å²) in [7, 11) is -9.91. The molecule has 0 aromatic rings. The standard InChI is InChI=1S/C76H148O17P2/c1-9-69(8)55-47-39-30-24-20-16-13-14-17-21-25-31-40-48-56-73(78)86-62-71(92-75(80)58-50-42-32-26-22-18-12-10-11-15-19-23-28-36-44-52-66(2)3)64-90-94(82,83)88-60-70(77)61-89-95(84,85)91-65-72(63-87-74(79)57-49-41-35-34-38-46-54-68(6)7)93-76(81)59-51-43-33-27-29-37-45-53-67(4)5/h66-72,77H,9-65H2,1-8H3,(H,82,83)(H,84,85)/t69?,70-,71-,72-/m1/s1. The highest BCUT2D eigenvalue weighted by Gasteiger charge is 2.30. The molecule has 0 rings (SSSR count). The summed E-state index contributed by atoms with van der Waals surface area (Å²) in [5.41, 5.74) is 0. The van der Waals surface area contributed by atoms with E-state index in [9.17, 15) is 43.2 Å². The van der Waals surface area contributed by atoms with Crippen LogP contribution in [-0.4, -0.2) is 96.7 Å².